The standard InChI is InChI=1S/C25H33N3O4.HI/c1-3-26-24(27-13-10-19-6-4-5-7-21(19)29-2)28-17-25(11-14-30-15-12-25)20-8-9-22-23(16-20)32-18-31-22;/h4-9,16H,3,10-15,17-18H2,1-2H3,(H2,26,27,28);1H. The van der Waals surface area contributed by atoms with Gasteiger partial charge >= 0.3 is 0 Å². The summed E-state index contributed by atoms with van der Waals surface area (Å²) >= 11 is 0. The number of benzene rings is 2. The lowest BCUT2D eigenvalue weighted by molar-refractivity contribution is 0.0530. The molecule has 7 nitrogen and oxygen atoms in total. The van der Waals surface area contributed by atoms with Crippen LogP contribution in [0.3, 0.4) is 0 Å². The molecule has 0 aliphatic carbocycles. The molecule has 180 valence electrons. The predicted octanol–water partition coefficient (Wildman–Crippen LogP) is 3.89. The lowest BCUT2D eigenvalue weighted by Crippen LogP contribution is -2.41. The van der Waals surface area contributed by atoms with E-state index in [-0.39, 0.29) is 36.2 Å². The van der Waals surface area contributed by atoms with E-state index >= 15 is 0 Å². The van der Waals surface area contributed by atoms with Crippen LogP contribution in [0.2, 0.25) is 0 Å². The minimum Gasteiger partial charge on any atom is -0.496 e. The molecule has 2 aliphatic rings. The molecular weight excluding hydrogens is 533 g/mol. The van der Waals surface area contributed by atoms with E-state index in [1.807, 2.05) is 24.3 Å². The predicted molar refractivity (Wildman–Crippen MR) is 140 cm³/mol. The van der Waals surface area contributed by atoms with E-state index in [1.54, 1.807) is 7.11 Å². The van der Waals surface area contributed by atoms with Gasteiger partial charge in [-0.25, -0.2) is 0 Å². The summed E-state index contributed by atoms with van der Waals surface area (Å²) in [4.78, 5) is 4.99. The minimum absolute atomic E-state index is 0. The number of nitrogens with one attached hydrogen (secondary N) is 2. The number of aliphatic imine (C=N–C) groups is 1. The van der Waals surface area contributed by atoms with Gasteiger partial charge in [0.2, 0.25) is 6.79 Å². The highest BCUT2D eigenvalue weighted by molar-refractivity contribution is 14.0. The summed E-state index contributed by atoms with van der Waals surface area (Å²) in [7, 11) is 1.71. The van der Waals surface area contributed by atoms with Gasteiger partial charge in [0.25, 0.3) is 0 Å². The molecule has 2 aromatic rings. The topological polar surface area (TPSA) is 73.3 Å². The van der Waals surface area contributed by atoms with Gasteiger partial charge < -0.3 is 29.6 Å². The smallest absolute Gasteiger partial charge is 0.231 e. The monoisotopic (exact) mass is 567 g/mol. The Kier molecular flexibility index (Phi) is 9.49. The van der Waals surface area contributed by atoms with Gasteiger partial charge in [0.1, 0.15) is 5.75 Å². The SMILES string of the molecule is CCNC(=NCC1(c2ccc3c(c2)OCO3)CCOCC1)NCCc1ccccc1OC.I. The highest BCUT2D eigenvalue weighted by Crippen LogP contribution is 2.41. The summed E-state index contributed by atoms with van der Waals surface area (Å²) in [6, 6.07) is 14.4. The molecule has 0 bridgehead atoms. The number of nitrogens with zero attached hydrogens (tertiary/aromatic N) is 1. The second-order valence-corrected chi connectivity index (χ2v) is 8.14. The minimum atomic E-state index is -0.0791. The van der Waals surface area contributed by atoms with Crippen LogP contribution in [0.25, 0.3) is 0 Å². The normalized spacial score (nSPS) is 16.6. The first kappa shape index (κ1) is 25.4. The maximum atomic E-state index is 5.68. The first-order valence-corrected chi connectivity index (χ1v) is 11.4. The number of guanidine groups is 1. The zero-order valence-electron chi connectivity index (χ0n) is 19.4. The second-order valence-electron chi connectivity index (χ2n) is 8.14. The maximum absolute atomic E-state index is 5.68. The van der Waals surface area contributed by atoms with E-state index in [2.05, 4.69) is 35.8 Å². The van der Waals surface area contributed by atoms with E-state index < -0.39 is 0 Å². The van der Waals surface area contributed by atoms with E-state index in [1.165, 1.54) is 11.1 Å². The first-order chi connectivity index (χ1) is 15.7. The average molecular weight is 567 g/mol. The Labute approximate surface area is 213 Å². The van der Waals surface area contributed by atoms with Gasteiger partial charge in [-0.2, -0.15) is 0 Å². The Bertz CT molecular complexity index is 932. The summed E-state index contributed by atoms with van der Waals surface area (Å²) in [5.74, 6) is 3.37. The zero-order valence-corrected chi connectivity index (χ0v) is 21.7. The van der Waals surface area contributed by atoms with Gasteiger partial charge in [-0.05, 0) is 55.5 Å². The Morgan fingerprint density at radius 3 is 2.64 bits per heavy atom. The van der Waals surface area contributed by atoms with Gasteiger partial charge in [-0.1, -0.05) is 24.3 Å². The van der Waals surface area contributed by atoms with Crippen molar-refractivity contribution >= 4 is 29.9 Å². The number of fused-ring (bicyclic) bond motifs is 1. The quantitative estimate of drug-likeness (QED) is 0.287. The molecule has 0 aromatic heterocycles. The van der Waals surface area contributed by atoms with Gasteiger partial charge in [0, 0.05) is 31.7 Å². The highest BCUT2D eigenvalue weighted by atomic mass is 127. The second kappa shape index (κ2) is 12.3. The number of rotatable bonds is 8. The molecule has 0 saturated carbocycles. The number of para-hydroxylation sites is 1. The summed E-state index contributed by atoms with van der Waals surface area (Å²) in [5.41, 5.74) is 2.34. The Balaban J connectivity index is 0.00000306. The molecular formula is C25H34IN3O4. The van der Waals surface area contributed by atoms with Crippen molar-refractivity contribution in [1.82, 2.24) is 10.6 Å². The van der Waals surface area contributed by atoms with Crippen molar-refractivity contribution in [2.75, 3.05) is 46.8 Å². The van der Waals surface area contributed by atoms with Crippen LogP contribution in [-0.4, -0.2) is 52.7 Å². The molecule has 0 amide bonds. The van der Waals surface area contributed by atoms with Crippen LogP contribution < -0.4 is 24.8 Å². The van der Waals surface area contributed by atoms with Crippen molar-refractivity contribution < 1.29 is 18.9 Å². The molecule has 0 spiro atoms. The maximum Gasteiger partial charge on any atom is 0.231 e. The van der Waals surface area contributed by atoms with Gasteiger partial charge in [0.15, 0.2) is 17.5 Å². The van der Waals surface area contributed by atoms with E-state index in [0.717, 1.165) is 68.8 Å². The fourth-order valence-electron chi connectivity index (χ4n) is 4.32. The van der Waals surface area contributed by atoms with Crippen LogP contribution >= 0.6 is 24.0 Å². The van der Waals surface area contributed by atoms with E-state index in [4.69, 9.17) is 23.9 Å². The number of ether oxygens (including phenoxy) is 4. The van der Waals surface area contributed by atoms with Crippen molar-refractivity contribution in [3.05, 3.63) is 53.6 Å². The number of hydrogen-bond acceptors (Lipinski definition) is 5. The average Bonchev–Trinajstić information content (AvgIpc) is 3.31. The van der Waals surface area contributed by atoms with Crippen LogP contribution in [0.1, 0.15) is 30.9 Å². The van der Waals surface area contributed by atoms with Crippen LogP contribution in [-0.2, 0) is 16.6 Å². The molecule has 33 heavy (non-hydrogen) atoms. The van der Waals surface area contributed by atoms with Crippen molar-refractivity contribution in [2.45, 2.75) is 31.6 Å². The third-order valence-electron chi connectivity index (χ3n) is 6.20. The fraction of sp³-hybridized carbons (Fsp3) is 0.480. The molecule has 0 radical (unpaired) electrons. The number of methoxy groups -OCH3 is 1. The molecule has 0 unspecified atom stereocenters. The molecule has 0 atom stereocenters. The Morgan fingerprint density at radius 1 is 1.06 bits per heavy atom. The molecule has 2 N–H and O–H groups in total. The molecule has 1 fully saturated rings. The number of halogens is 1. The van der Waals surface area contributed by atoms with Crippen molar-refractivity contribution in [3.8, 4) is 17.2 Å². The van der Waals surface area contributed by atoms with Gasteiger partial charge in [0.05, 0.1) is 13.7 Å². The molecule has 2 heterocycles. The lowest BCUT2D eigenvalue weighted by atomic mass is 9.74. The van der Waals surface area contributed by atoms with Crippen LogP contribution in [0.15, 0.2) is 47.5 Å². The summed E-state index contributed by atoms with van der Waals surface area (Å²) in [5, 5.41) is 6.86. The third-order valence-corrected chi connectivity index (χ3v) is 6.20. The van der Waals surface area contributed by atoms with E-state index in [0.29, 0.717) is 6.54 Å². The molecule has 2 aliphatic heterocycles. The highest BCUT2D eigenvalue weighted by Gasteiger charge is 2.35. The summed E-state index contributed by atoms with van der Waals surface area (Å²) in [6.07, 6.45) is 2.71. The Hall–Kier alpha value is -2.20. The van der Waals surface area contributed by atoms with E-state index in [9.17, 15) is 0 Å². The fourth-order valence-corrected chi connectivity index (χ4v) is 4.32. The van der Waals surface area contributed by atoms with Crippen molar-refractivity contribution in [2.24, 2.45) is 4.99 Å². The molecule has 8 heteroatoms. The summed E-state index contributed by atoms with van der Waals surface area (Å²) in [6.45, 7) is 6.10. The number of hydrogen-bond donors (Lipinski definition) is 2. The van der Waals surface area contributed by atoms with Gasteiger partial charge in [-0.15, -0.1) is 24.0 Å². The largest absolute Gasteiger partial charge is 0.496 e. The molecule has 1 saturated heterocycles. The van der Waals surface area contributed by atoms with Crippen LogP contribution in [0, 0.1) is 0 Å². The van der Waals surface area contributed by atoms with Crippen molar-refractivity contribution in [3.63, 3.8) is 0 Å². The Morgan fingerprint density at radius 2 is 1.85 bits per heavy atom. The zero-order chi connectivity index (χ0) is 22.2. The van der Waals surface area contributed by atoms with Gasteiger partial charge in [-0.3, -0.25) is 4.99 Å². The molecule has 4 rings (SSSR count). The lowest BCUT2D eigenvalue weighted by Gasteiger charge is -2.36. The third kappa shape index (κ3) is 6.23. The van der Waals surface area contributed by atoms with Crippen LogP contribution in [0.5, 0.6) is 17.2 Å². The van der Waals surface area contributed by atoms with Crippen LogP contribution in [0.4, 0.5) is 0 Å². The van der Waals surface area contributed by atoms with Crippen molar-refractivity contribution in [1.29, 1.82) is 0 Å². The molecule has 2 aromatic carbocycles. The first-order valence-electron chi connectivity index (χ1n) is 11.4. The summed E-state index contributed by atoms with van der Waals surface area (Å²) < 4.78 is 22.3.